The number of carbonyl (C=O) groups is 1. The number of nitro groups is 1. The van der Waals surface area contributed by atoms with E-state index in [0.717, 1.165) is 6.07 Å². The van der Waals surface area contributed by atoms with Crippen LogP contribution in [-0.4, -0.2) is 57.2 Å². The molecule has 2 unspecified atom stereocenters. The highest BCUT2D eigenvalue weighted by Crippen LogP contribution is 2.32. The van der Waals surface area contributed by atoms with Crippen molar-refractivity contribution in [2.75, 3.05) is 13.7 Å². The molecule has 1 aliphatic rings. The van der Waals surface area contributed by atoms with Crippen LogP contribution in [0.25, 0.3) is 0 Å². The first kappa shape index (κ1) is 19.4. The number of methoxy groups -OCH3 is 1. The predicted octanol–water partition coefficient (Wildman–Crippen LogP) is -0.340. The molecule has 0 spiro atoms. The van der Waals surface area contributed by atoms with E-state index in [2.05, 4.69) is 0 Å². The molecule has 0 saturated heterocycles. The van der Waals surface area contributed by atoms with E-state index in [1.165, 1.54) is 13.2 Å². The van der Waals surface area contributed by atoms with Gasteiger partial charge >= 0.3 is 5.97 Å². The van der Waals surface area contributed by atoms with E-state index in [1.54, 1.807) is 0 Å². The summed E-state index contributed by atoms with van der Waals surface area (Å²) in [7, 11) is 1.29. The van der Waals surface area contributed by atoms with Gasteiger partial charge in [0, 0.05) is 5.56 Å². The first-order chi connectivity index (χ1) is 12.3. The molecule has 26 heavy (non-hydrogen) atoms. The van der Waals surface area contributed by atoms with Gasteiger partial charge in [-0.1, -0.05) is 0 Å². The number of ether oxygens (including phenoxy) is 3. The lowest BCUT2D eigenvalue weighted by Crippen LogP contribution is -2.32. The summed E-state index contributed by atoms with van der Waals surface area (Å²) in [6.07, 6.45) is -2.99. The highest BCUT2D eigenvalue weighted by Gasteiger charge is 2.40. The van der Waals surface area contributed by atoms with E-state index in [0.29, 0.717) is 0 Å². The average molecular weight is 371 g/mol. The molecule has 2 atom stereocenters. The van der Waals surface area contributed by atoms with E-state index in [-0.39, 0.29) is 22.6 Å². The molecule has 1 aliphatic heterocycles. The van der Waals surface area contributed by atoms with Crippen molar-refractivity contribution in [1.82, 2.24) is 0 Å². The van der Waals surface area contributed by atoms with Gasteiger partial charge in [-0.2, -0.15) is 0 Å². The molecule has 0 radical (unpaired) electrons. The third kappa shape index (κ3) is 3.69. The van der Waals surface area contributed by atoms with Crippen molar-refractivity contribution in [3.63, 3.8) is 0 Å². The molecule has 2 rings (SSSR count). The Hall–Kier alpha value is -2.89. The van der Waals surface area contributed by atoms with Crippen LogP contribution in [0.15, 0.2) is 23.7 Å². The van der Waals surface area contributed by atoms with Crippen molar-refractivity contribution < 1.29 is 44.4 Å². The molecule has 4 N–H and O–H groups in total. The Morgan fingerprint density at radius 1 is 1.35 bits per heavy atom. The summed E-state index contributed by atoms with van der Waals surface area (Å²) in [6.45, 7) is -1.69. The van der Waals surface area contributed by atoms with Crippen molar-refractivity contribution in [3.05, 3.63) is 44.9 Å². The minimum Gasteiger partial charge on any atom is -0.499 e. The van der Waals surface area contributed by atoms with Gasteiger partial charge in [0.05, 0.1) is 36.9 Å². The highest BCUT2D eigenvalue weighted by molar-refractivity contribution is 5.89. The maximum atomic E-state index is 11.4. The summed E-state index contributed by atoms with van der Waals surface area (Å²) in [6, 6.07) is 2.39. The number of nitro benzene ring substituents is 1. The Kier molecular flexibility index (Phi) is 5.97. The Labute approximate surface area is 146 Å². The first-order valence-electron chi connectivity index (χ1n) is 7.34. The number of carbonyl (C=O) groups excluding carboxylic acids is 1. The lowest BCUT2D eigenvalue weighted by Gasteiger charge is -2.18. The SMILES string of the molecule is COc1cc([N+](=O)[O-])c(COC2=C(O)C(=O)OC2C(O)CO)cc1CO. The number of esters is 1. The third-order valence-corrected chi connectivity index (χ3v) is 3.69. The molecule has 11 nitrogen and oxygen atoms in total. The molecule has 0 bridgehead atoms. The normalized spacial score (nSPS) is 17.8. The van der Waals surface area contributed by atoms with E-state index in [4.69, 9.17) is 19.3 Å². The monoisotopic (exact) mass is 371 g/mol. The standard InChI is InChI=1S/C15H17NO10/c1-24-11-3-9(16(22)23)8(2-7(11)4-17)6-25-14-12(20)15(21)26-13(14)10(19)5-18/h2-3,10,13,17-20H,4-6H2,1H3. The van der Waals surface area contributed by atoms with E-state index < -0.39 is 54.4 Å². The molecule has 0 aliphatic carbocycles. The number of aliphatic hydroxyl groups is 4. The van der Waals surface area contributed by atoms with Gasteiger partial charge in [-0.15, -0.1) is 0 Å². The highest BCUT2D eigenvalue weighted by atomic mass is 16.6. The minimum absolute atomic E-state index is 0.0248. The van der Waals surface area contributed by atoms with Crippen LogP contribution in [0, 0.1) is 10.1 Å². The summed E-state index contributed by atoms with van der Waals surface area (Å²) in [5.74, 6) is -2.40. The van der Waals surface area contributed by atoms with Crippen LogP contribution in [-0.2, 0) is 27.5 Å². The van der Waals surface area contributed by atoms with Gasteiger partial charge in [0.2, 0.25) is 5.76 Å². The summed E-state index contributed by atoms with van der Waals surface area (Å²) < 4.78 is 14.9. The van der Waals surface area contributed by atoms with Crippen molar-refractivity contribution >= 4 is 11.7 Å². The molecular weight excluding hydrogens is 354 g/mol. The number of nitrogens with zero attached hydrogens (tertiary/aromatic N) is 1. The zero-order chi connectivity index (χ0) is 19.4. The number of hydrogen-bond donors (Lipinski definition) is 4. The molecule has 1 aromatic carbocycles. The molecule has 0 amide bonds. The van der Waals surface area contributed by atoms with E-state index in [1.807, 2.05) is 0 Å². The smallest absolute Gasteiger partial charge is 0.378 e. The molecule has 142 valence electrons. The van der Waals surface area contributed by atoms with Crippen molar-refractivity contribution in [3.8, 4) is 5.75 Å². The second kappa shape index (κ2) is 7.99. The summed E-state index contributed by atoms with van der Waals surface area (Å²) in [5, 5.41) is 48.9. The van der Waals surface area contributed by atoms with Gasteiger partial charge in [0.1, 0.15) is 18.5 Å². The maximum absolute atomic E-state index is 11.4. The second-order valence-corrected chi connectivity index (χ2v) is 5.29. The van der Waals surface area contributed by atoms with Crippen molar-refractivity contribution in [2.24, 2.45) is 0 Å². The molecule has 0 saturated carbocycles. The largest absolute Gasteiger partial charge is 0.499 e. The molecule has 1 aromatic rings. The number of aliphatic hydroxyl groups excluding tert-OH is 4. The number of hydrogen-bond acceptors (Lipinski definition) is 10. The zero-order valence-electron chi connectivity index (χ0n) is 13.6. The fourth-order valence-corrected chi connectivity index (χ4v) is 2.38. The van der Waals surface area contributed by atoms with Gasteiger partial charge in [0.25, 0.3) is 5.69 Å². The topological polar surface area (TPSA) is 169 Å². The molecule has 1 heterocycles. The summed E-state index contributed by atoms with van der Waals surface area (Å²) >= 11 is 0. The fourth-order valence-electron chi connectivity index (χ4n) is 2.38. The molecule has 0 aromatic heterocycles. The van der Waals surface area contributed by atoms with E-state index >= 15 is 0 Å². The van der Waals surface area contributed by atoms with Crippen LogP contribution in [0.5, 0.6) is 5.75 Å². The zero-order valence-corrected chi connectivity index (χ0v) is 13.6. The molecule has 0 fully saturated rings. The minimum atomic E-state index is -1.54. The van der Waals surface area contributed by atoms with Crippen LogP contribution < -0.4 is 4.74 Å². The lowest BCUT2D eigenvalue weighted by molar-refractivity contribution is -0.386. The maximum Gasteiger partial charge on any atom is 0.378 e. The van der Waals surface area contributed by atoms with Crippen LogP contribution in [0.4, 0.5) is 5.69 Å². The van der Waals surface area contributed by atoms with Crippen LogP contribution in [0.2, 0.25) is 0 Å². The number of benzene rings is 1. The molecule has 11 heteroatoms. The van der Waals surface area contributed by atoms with Crippen LogP contribution >= 0.6 is 0 Å². The Morgan fingerprint density at radius 3 is 2.58 bits per heavy atom. The van der Waals surface area contributed by atoms with Gasteiger partial charge in [0.15, 0.2) is 11.9 Å². The van der Waals surface area contributed by atoms with Gasteiger partial charge < -0.3 is 34.6 Å². The summed E-state index contributed by atoms with van der Waals surface area (Å²) in [4.78, 5) is 22.0. The molecular formula is C15H17NO10. The predicted molar refractivity (Wildman–Crippen MR) is 83.0 cm³/mol. The van der Waals surface area contributed by atoms with Gasteiger partial charge in [-0.3, -0.25) is 10.1 Å². The number of cyclic esters (lactones) is 1. The Morgan fingerprint density at radius 2 is 2.04 bits per heavy atom. The van der Waals surface area contributed by atoms with Crippen LogP contribution in [0.1, 0.15) is 11.1 Å². The Bertz CT molecular complexity index is 744. The lowest BCUT2D eigenvalue weighted by atomic mass is 10.1. The second-order valence-electron chi connectivity index (χ2n) is 5.29. The van der Waals surface area contributed by atoms with Crippen molar-refractivity contribution in [1.29, 1.82) is 0 Å². The van der Waals surface area contributed by atoms with Gasteiger partial charge in [-0.05, 0) is 6.07 Å². The summed E-state index contributed by atoms with van der Waals surface area (Å²) in [5.41, 5.74) is -0.0824. The average Bonchev–Trinajstić information content (AvgIpc) is 2.92. The van der Waals surface area contributed by atoms with Gasteiger partial charge in [-0.25, -0.2) is 4.79 Å². The van der Waals surface area contributed by atoms with E-state index in [9.17, 15) is 30.2 Å². The first-order valence-corrected chi connectivity index (χ1v) is 7.34. The third-order valence-electron chi connectivity index (χ3n) is 3.69. The quantitative estimate of drug-likeness (QED) is 0.269. The Balaban J connectivity index is 2.33. The number of rotatable bonds is 8. The van der Waals surface area contributed by atoms with Crippen LogP contribution in [0.3, 0.4) is 0 Å². The van der Waals surface area contributed by atoms with Crippen molar-refractivity contribution in [2.45, 2.75) is 25.4 Å². The fraction of sp³-hybridized carbons (Fsp3) is 0.400.